The van der Waals surface area contributed by atoms with Crippen molar-refractivity contribution in [3.8, 4) is 0 Å². The maximum Gasteiger partial charge on any atom is 0.220 e. The Hall–Kier alpha value is -1.20. The molecule has 0 atom stereocenters. The fourth-order valence-corrected chi connectivity index (χ4v) is 1.56. The molecule has 0 saturated carbocycles. The highest BCUT2D eigenvalue weighted by atomic mass is 79.9. The molecule has 4 nitrogen and oxygen atoms in total. The van der Waals surface area contributed by atoms with Crippen LogP contribution in [0.5, 0.6) is 0 Å². The number of hydrogen-bond donors (Lipinski definition) is 2. The van der Waals surface area contributed by atoms with Crippen LogP contribution in [0.15, 0.2) is 28.7 Å². The normalized spacial score (nSPS) is 10.0. The van der Waals surface area contributed by atoms with Crippen LogP contribution in [0.25, 0.3) is 0 Å². The molecule has 1 amide bonds. The Morgan fingerprint density at radius 3 is 2.41 bits per heavy atom. The summed E-state index contributed by atoms with van der Waals surface area (Å²) in [5.41, 5.74) is 0.600. The second-order valence-corrected chi connectivity index (χ2v) is 4.42. The van der Waals surface area contributed by atoms with Crippen molar-refractivity contribution in [2.75, 3.05) is 13.2 Å². The molecule has 1 rings (SSSR count). The summed E-state index contributed by atoms with van der Waals surface area (Å²) in [7, 11) is 0. The molecule has 0 aliphatic rings. The van der Waals surface area contributed by atoms with Crippen molar-refractivity contribution in [2.24, 2.45) is 0 Å². The predicted octanol–water partition coefficient (Wildman–Crippen LogP) is 1.52. The van der Waals surface area contributed by atoms with Crippen molar-refractivity contribution < 1.29 is 14.7 Å². The Morgan fingerprint density at radius 2 is 1.82 bits per heavy atom. The van der Waals surface area contributed by atoms with Crippen molar-refractivity contribution in [1.29, 1.82) is 0 Å². The predicted molar refractivity (Wildman–Crippen MR) is 67.8 cm³/mol. The molecule has 0 fully saturated rings. The van der Waals surface area contributed by atoms with Crippen LogP contribution in [0.3, 0.4) is 0 Å². The number of amides is 1. The van der Waals surface area contributed by atoms with Gasteiger partial charge in [-0.15, -0.1) is 0 Å². The van der Waals surface area contributed by atoms with Gasteiger partial charge in [-0.3, -0.25) is 9.59 Å². The van der Waals surface area contributed by atoms with Gasteiger partial charge >= 0.3 is 0 Å². The van der Waals surface area contributed by atoms with E-state index >= 15 is 0 Å². The third-order valence-corrected chi connectivity index (χ3v) is 2.71. The number of hydrogen-bond acceptors (Lipinski definition) is 3. The quantitative estimate of drug-likeness (QED) is 0.783. The lowest BCUT2D eigenvalue weighted by Gasteiger charge is -2.03. The van der Waals surface area contributed by atoms with Crippen LogP contribution < -0.4 is 5.32 Å². The monoisotopic (exact) mass is 299 g/mol. The summed E-state index contributed by atoms with van der Waals surface area (Å²) < 4.78 is 0.912. The lowest BCUT2D eigenvalue weighted by atomic mass is 10.1. The van der Waals surface area contributed by atoms with Crippen LogP contribution in [0.2, 0.25) is 0 Å². The number of Topliss-reactive ketones (excluding diaryl/α,β-unsaturated/α-hetero) is 1. The first-order valence-electron chi connectivity index (χ1n) is 5.30. The first-order chi connectivity index (χ1) is 8.13. The smallest absolute Gasteiger partial charge is 0.220 e. The lowest BCUT2D eigenvalue weighted by molar-refractivity contribution is -0.121. The summed E-state index contributed by atoms with van der Waals surface area (Å²) in [6, 6.07) is 7.02. The number of ketones is 1. The van der Waals surface area contributed by atoms with Crippen molar-refractivity contribution in [3.63, 3.8) is 0 Å². The maximum absolute atomic E-state index is 11.7. The Kier molecular flexibility index (Phi) is 5.86. The molecule has 0 bridgehead atoms. The third kappa shape index (κ3) is 5.10. The molecule has 17 heavy (non-hydrogen) atoms. The number of aliphatic hydroxyl groups is 1. The molecule has 0 heterocycles. The van der Waals surface area contributed by atoms with Gasteiger partial charge in [0.2, 0.25) is 5.91 Å². The molecule has 0 saturated heterocycles. The Balaban J connectivity index is 2.39. The second kappa shape index (κ2) is 7.19. The standard InChI is InChI=1S/C12H14BrNO3/c13-10-3-1-9(2-4-10)11(16)5-6-12(17)14-7-8-15/h1-4,15H,5-8H2,(H,14,17). The van der Waals surface area contributed by atoms with Gasteiger partial charge in [-0.05, 0) is 12.1 Å². The molecule has 0 radical (unpaired) electrons. The van der Waals surface area contributed by atoms with Gasteiger partial charge in [0, 0.05) is 29.4 Å². The van der Waals surface area contributed by atoms with Gasteiger partial charge < -0.3 is 10.4 Å². The van der Waals surface area contributed by atoms with Gasteiger partial charge in [0.05, 0.1) is 6.61 Å². The number of benzene rings is 1. The van der Waals surface area contributed by atoms with E-state index in [2.05, 4.69) is 21.2 Å². The van der Waals surface area contributed by atoms with E-state index in [1.54, 1.807) is 24.3 Å². The SMILES string of the molecule is O=C(CCC(=O)c1ccc(Br)cc1)NCCO. The Morgan fingerprint density at radius 1 is 1.18 bits per heavy atom. The van der Waals surface area contributed by atoms with E-state index in [0.717, 1.165) is 4.47 Å². The number of nitrogens with one attached hydrogen (secondary N) is 1. The molecular weight excluding hydrogens is 286 g/mol. The summed E-state index contributed by atoms with van der Waals surface area (Å²) in [5.74, 6) is -0.277. The first kappa shape index (κ1) is 13.9. The summed E-state index contributed by atoms with van der Waals surface area (Å²) >= 11 is 3.29. The number of carbonyl (C=O) groups excluding carboxylic acids is 2. The molecule has 0 spiro atoms. The molecule has 5 heteroatoms. The van der Waals surface area contributed by atoms with E-state index in [1.165, 1.54) is 0 Å². The van der Waals surface area contributed by atoms with Crippen molar-refractivity contribution in [1.82, 2.24) is 5.32 Å². The van der Waals surface area contributed by atoms with Crippen molar-refractivity contribution in [2.45, 2.75) is 12.8 Å². The van der Waals surface area contributed by atoms with E-state index in [1.807, 2.05) is 0 Å². The summed E-state index contributed by atoms with van der Waals surface area (Å²) in [5, 5.41) is 11.0. The van der Waals surface area contributed by atoms with E-state index < -0.39 is 0 Å². The van der Waals surface area contributed by atoms with E-state index in [9.17, 15) is 9.59 Å². The zero-order chi connectivity index (χ0) is 12.7. The minimum Gasteiger partial charge on any atom is -0.395 e. The number of halogens is 1. The third-order valence-electron chi connectivity index (χ3n) is 2.18. The molecule has 0 unspecified atom stereocenters. The molecule has 1 aromatic carbocycles. The van der Waals surface area contributed by atoms with Crippen molar-refractivity contribution in [3.05, 3.63) is 34.3 Å². The number of rotatable bonds is 6. The van der Waals surface area contributed by atoms with Gasteiger partial charge in [0.1, 0.15) is 0 Å². The van der Waals surface area contributed by atoms with E-state index in [4.69, 9.17) is 5.11 Å². The first-order valence-corrected chi connectivity index (χ1v) is 6.09. The highest BCUT2D eigenvalue weighted by Crippen LogP contribution is 2.12. The molecule has 0 aliphatic carbocycles. The molecule has 0 aromatic heterocycles. The average Bonchev–Trinajstić information content (AvgIpc) is 2.34. The van der Waals surface area contributed by atoms with E-state index in [0.29, 0.717) is 5.56 Å². The number of aliphatic hydroxyl groups excluding tert-OH is 1. The van der Waals surface area contributed by atoms with Crippen LogP contribution in [0, 0.1) is 0 Å². The van der Waals surface area contributed by atoms with Crippen LogP contribution in [-0.2, 0) is 4.79 Å². The molecular formula is C12H14BrNO3. The average molecular weight is 300 g/mol. The van der Waals surface area contributed by atoms with Gasteiger partial charge in [0.25, 0.3) is 0 Å². The van der Waals surface area contributed by atoms with E-state index in [-0.39, 0.29) is 37.7 Å². The topological polar surface area (TPSA) is 66.4 Å². The van der Waals surface area contributed by atoms with Gasteiger partial charge in [-0.25, -0.2) is 0 Å². The highest BCUT2D eigenvalue weighted by Gasteiger charge is 2.08. The zero-order valence-corrected chi connectivity index (χ0v) is 10.9. The largest absolute Gasteiger partial charge is 0.395 e. The summed E-state index contributed by atoms with van der Waals surface area (Å²) in [6.07, 6.45) is 0.327. The van der Waals surface area contributed by atoms with Crippen LogP contribution >= 0.6 is 15.9 Å². The highest BCUT2D eigenvalue weighted by molar-refractivity contribution is 9.10. The maximum atomic E-state index is 11.7. The lowest BCUT2D eigenvalue weighted by Crippen LogP contribution is -2.26. The zero-order valence-electron chi connectivity index (χ0n) is 9.28. The van der Waals surface area contributed by atoms with Crippen molar-refractivity contribution >= 4 is 27.6 Å². The van der Waals surface area contributed by atoms with Crippen LogP contribution in [0.4, 0.5) is 0 Å². The fraction of sp³-hybridized carbons (Fsp3) is 0.333. The minimum absolute atomic E-state index is 0.0587. The molecule has 1 aromatic rings. The Labute approximate surface area is 108 Å². The fourth-order valence-electron chi connectivity index (χ4n) is 1.29. The summed E-state index contributed by atoms with van der Waals surface area (Å²) in [4.78, 5) is 22.9. The van der Waals surface area contributed by atoms with Crippen LogP contribution in [-0.4, -0.2) is 29.9 Å². The van der Waals surface area contributed by atoms with Gasteiger partial charge in [-0.2, -0.15) is 0 Å². The number of carbonyl (C=O) groups is 2. The minimum atomic E-state index is -0.218. The second-order valence-electron chi connectivity index (χ2n) is 3.50. The summed E-state index contributed by atoms with van der Waals surface area (Å²) in [6.45, 7) is 0.137. The van der Waals surface area contributed by atoms with Gasteiger partial charge in [0.15, 0.2) is 5.78 Å². The molecule has 2 N–H and O–H groups in total. The molecule has 0 aliphatic heterocycles. The van der Waals surface area contributed by atoms with Crippen LogP contribution in [0.1, 0.15) is 23.2 Å². The van der Waals surface area contributed by atoms with Gasteiger partial charge in [-0.1, -0.05) is 28.1 Å². The molecule has 92 valence electrons. The Bertz CT molecular complexity index is 389.